The highest BCUT2D eigenvalue weighted by molar-refractivity contribution is 5.22. The Hall–Kier alpha value is -1.13. The van der Waals surface area contributed by atoms with Crippen molar-refractivity contribution in [3.05, 3.63) is 30.1 Å². The Morgan fingerprint density at radius 3 is 2.50 bits per heavy atom. The van der Waals surface area contributed by atoms with Crippen molar-refractivity contribution in [1.29, 1.82) is 0 Å². The molecule has 0 spiro atoms. The zero-order valence-electron chi connectivity index (χ0n) is 10.6. The van der Waals surface area contributed by atoms with E-state index in [0.29, 0.717) is 19.2 Å². The van der Waals surface area contributed by atoms with Crippen LogP contribution in [0.4, 0.5) is 4.39 Å². The van der Waals surface area contributed by atoms with Gasteiger partial charge < -0.3 is 10.5 Å². The first-order chi connectivity index (χ1) is 8.79. The van der Waals surface area contributed by atoms with Crippen LogP contribution >= 0.6 is 0 Å². The summed E-state index contributed by atoms with van der Waals surface area (Å²) >= 11 is 0. The van der Waals surface area contributed by atoms with E-state index in [4.69, 9.17) is 10.5 Å². The maximum atomic E-state index is 12.8. The monoisotopic (exact) mass is 252 g/mol. The third kappa shape index (κ3) is 3.68. The Labute approximate surface area is 108 Å². The average molecular weight is 252 g/mol. The van der Waals surface area contributed by atoms with Crippen LogP contribution in [0.5, 0.6) is 5.75 Å². The molecule has 3 nitrogen and oxygen atoms in total. The average Bonchev–Trinajstić information content (AvgIpc) is 2.90. The van der Waals surface area contributed by atoms with Gasteiger partial charge in [-0.15, -0.1) is 0 Å². The third-order valence-electron chi connectivity index (χ3n) is 3.41. The van der Waals surface area contributed by atoms with E-state index in [1.807, 2.05) is 0 Å². The Morgan fingerprint density at radius 2 is 1.89 bits per heavy atom. The fraction of sp³-hybridized carbons (Fsp3) is 0.571. The van der Waals surface area contributed by atoms with Crippen LogP contribution in [0.15, 0.2) is 24.3 Å². The molecule has 1 unspecified atom stereocenters. The molecule has 0 bridgehead atoms. The molecule has 1 aromatic rings. The van der Waals surface area contributed by atoms with Gasteiger partial charge >= 0.3 is 0 Å². The molecular formula is C14H21FN2O. The van der Waals surface area contributed by atoms with Crippen molar-refractivity contribution in [2.24, 2.45) is 5.73 Å². The van der Waals surface area contributed by atoms with Crippen molar-refractivity contribution in [2.75, 3.05) is 26.2 Å². The van der Waals surface area contributed by atoms with E-state index < -0.39 is 0 Å². The van der Waals surface area contributed by atoms with E-state index in [2.05, 4.69) is 4.90 Å². The molecule has 2 rings (SSSR count). The second kappa shape index (κ2) is 6.71. The first-order valence-corrected chi connectivity index (χ1v) is 6.62. The van der Waals surface area contributed by atoms with Crippen LogP contribution < -0.4 is 10.5 Å². The molecule has 1 aliphatic heterocycles. The van der Waals surface area contributed by atoms with E-state index in [1.165, 1.54) is 25.0 Å². The number of rotatable bonds is 6. The molecule has 18 heavy (non-hydrogen) atoms. The van der Waals surface area contributed by atoms with E-state index in [9.17, 15) is 4.39 Å². The number of hydrogen-bond donors (Lipinski definition) is 1. The Balaban J connectivity index is 1.86. The number of hydrogen-bond acceptors (Lipinski definition) is 3. The molecule has 1 fully saturated rings. The summed E-state index contributed by atoms with van der Waals surface area (Å²) in [5.74, 6) is 0.484. The van der Waals surface area contributed by atoms with Gasteiger partial charge in [-0.05, 0) is 63.2 Å². The van der Waals surface area contributed by atoms with E-state index in [1.54, 1.807) is 12.1 Å². The van der Waals surface area contributed by atoms with Gasteiger partial charge in [0.15, 0.2) is 0 Å². The van der Waals surface area contributed by atoms with Crippen LogP contribution in [-0.2, 0) is 0 Å². The predicted octanol–water partition coefficient (Wildman–Crippen LogP) is 2.02. The van der Waals surface area contributed by atoms with Crippen LogP contribution in [0.3, 0.4) is 0 Å². The van der Waals surface area contributed by atoms with Gasteiger partial charge in [-0.2, -0.15) is 0 Å². The van der Waals surface area contributed by atoms with E-state index in [0.717, 1.165) is 25.3 Å². The quantitative estimate of drug-likeness (QED) is 0.841. The Kier molecular flexibility index (Phi) is 4.96. The molecule has 4 heteroatoms. The van der Waals surface area contributed by atoms with Gasteiger partial charge in [-0.3, -0.25) is 4.90 Å². The molecule has 0 saturated carbocycles. The molecule has 2 N–H and O–H groups in total. The maximum Gasteiger partial charge on any atom is 0.123 e. The summed E-state index contributed by atoms with van der Waals surface area (Å²) in [5.41, 5.74) is 5.65. The zero-order valence-corrected chi connectivity index (χ0v) is 10.6. The number of benzene rings is 1. The first kappa shape index (κ1) is 13.3. The lowest BCUT2D eigenvalue weighted by molar-refractivity contribution is 0.154. The van der Waals surface area contributed by atoms with Crippen LogP contribution in [0.1, 0.15) is 19.3 Å². The normalized spacial score (nSPS) is 17.9. The molecule has 1 heterocycles. The molecule has 1 atom stereocenters. The highest BCUT2D eigenvalue weighted by atomic mass is 19.1. The summed E-state index contributed by atoms with van der Waals surface area (Å²) in [6.45, 7) is 3.58. The molecule has 1 aliphatic rings. The number of ether oxygens (including phenoxy) is 1. The van der Waals surface area contributed by atoms with Gasteiger partial charge in [-0.1, -0.05) is 0 Å². The summed E-state index contributed by atoms with van der Waals surface area (Å²) in [5, 5.41) is 0. The molecule has 0 amide bonds. The molecule has 0 aromatic heterocycles. The lowest BCUT2D eigenvalue weighted by Gasteiger charge is -2.27. The largest absolute Gasteiger partial charge is 0.492 e. The van der Waals surface area contributed by atoms with Crippen LogP contribution in [0.25, 0.3) is 0 Å². The third-order valence-corrected chi connectivity index (χ3v) is 3.41. The molecule has 100 valence electrons. The number of likely N-dealkylation sites (tertiary alicyclic amines) is 1. The summed E-state index contributed by atoms with van der Waals surface area (Å²) < 4.78 is 18.5. The van der Waals surface area contributed by atoms with Gasteiger partial charge in [-0.25, -0.2) is 4.39 Å². The maximum absolute atomic E-state index is 12.8. The van der Waals surface area contributed by atoms with Crippen molar-refractivity contribution in [1.82, 2.24) is 4.90 Å². The van der Waals surface area contributed by atoms with Crippen molar-refractivity contribution in [2.45, 2.75) is 25.3 Å². The Morgan fingerprint density at radius 1 is 1.22 bits per heavy atom. The molecular weight excluding hydrogens is 231 g/mol. The fourth-order valence-corrected chi connectivity index (χ4v) is 2.39. The zero-order chi connectivity index (χ0) is 12.8. The predicted molar refractivity (Wildman–Crippen MR) is 70.2 cm³/mol. The topological polar surface area (TPSA) is 38.5 Å². The van der Waals surface area contributed by atoms with Crippen LogP contribution in [-0.4, -0.2) is 37.2 Å². The van der Waals surface area contributed by atoms with Gasteiger partial charge in [0, 0.05) is 6.04 Å². The van der Waals surface area contributed by atoms with Gasteiger partial charge in [0.2, 0.25) is 0 Å². The lowest BCUT2D eigenvalue weighted by Crippen LogP contribution is -2.39. The molecule has 1 aromatic carbocycles. The molecule has 0 aliphatic carbocycles. The van der Waals surface area contributed by atoms with E-state index >= 15 is 0 Å². The van der Waals surface area contributed by atoms with Gasteiger partial charge in [0.05, 0.1) is 0 Å². The lowest BCUT2D eigenvalue weighted by atomic mass is 10.2. The van der Waals surface area contributed by atoms with Crippen molar-refractivity contribution in [3.63, 3.8) is 0 Å². The summed E-state index contributed by atoms with van der Waals surface area (Å²) in [6.07, 6.45) is 3.47. The smallest absolute Gasteiger partial charge is 0.123 e. The first-order valence-electron chi connectivity index (χ1n) is 6.62. The minimum Gasteiger partial charge on any atom is -0.492 e. The highest BCUT2D eigenvalue weighted by Gasteiger charge is 2.21. The van der Waals surface area contributed by atoms with Gasteiger partial charge in [0.25, 0.3) is 0 Å². The standard InChI is InChI=1S/C14H21FN2O/c15-12-3-5-14(6-4-12)18-11-13(7-8-16)17-9-1-2-10-17/h3-6,13H,1-2,7-11,16H2. The Bertz CT molecular complexity index is 349. The minimum absolute atomic E-state index is 0.236. The van der Waals surface area contributed by atoms with E-state index in [-0.39, 0.29) is 5.82 Å². The van der Waals surface area contributed by atoms with Gasteiger partial charge in [0.1, 0.15) is 18.2 Å². The summed E-state index contributed by atoms with van der Waals surface area (Å²) in [6, 6.07) is 6.55. The number of nitrogens with two attached hydrogens (primary N) is 1. The molecule has 0 radical (unpaired) electrons. The summed E-state index contributed by atoms with van der Waals surface area (Å²) in [4.78, 5) is 2.44. The highest BCUT2D eigenvalue weighted by Crippen LogP contribution is 2.16. The van der Waals surface area contributed by atoms with Crippen molar-refractivity contribution >= 4 is 0 Å². The second-order valence-corrected chi connectivity index (χ2v) is 4.74. The fourth-order valence-electron chi connectivity index (χ4n) is 2.39. The van der Waals surface area contributed by atoms with Crippen molar-refractivity contribution in [3.8, 4) is 5.75 Å². The SMILES string of the molecule is NCCC(COc1ccc(F)cc1)N1CCCC1. The van der Waals surface area contributed by atoms with Crippen molar-refractivity contribution < 1.29 is 9.13 Å². The summed E-state index contributed by atoms with van der Waals surface area (Å²) in [7, 11) is 0. The number of halogens is 1. The molecule has 1 saturated heterocycles. The van der Waals surface area contributed by atoms with Crippen LogP contribution in [0, 0.1) is 5.82 Å². The minimum atomic E-state index is -0.236. The number of nitrogens with zero attached hydrogens (tertiary/aromatic N) is 1. The second-order valence-electron chi connectivity index (χ2n) is 4.74. The van der Waals surface area contributed by atoms with Crippen LogP contribution in [0.2, 0.25) is 0 Å².